The van der Waals surface area contributed by atoms with Gasteiger partial charge in [0, 0.05) is 13.0 Å². The Hall–Kier alpha value is -2.73. The number of nitrogens with one attached hydrogen (secondary N) is 1. The lowest BCUT2D eigenvalue weighted by Gasteiger charge is -2.14. The Kier molecular flexibility index (Phi) is 7.95. The highest BCUT2D eigenvalue weighted by atomic mass is 16.5. The van der Waals surface area contributed by atoms with Gasteiger partial charge in [0.05, 0.1) is 14.2 Å². The van der Waals surface area contributed by atoms with Crippen molar-refractivity contribution in [2.24, 2.45) is 0 Å². The smallest absolute Gasteiger partial charge is 0.220 e. The molecule has 0 aromatic heterocycles. The SMILES string of the molecule is COc1ccc(CCC(=O)NCC(O)COc2cccc(C)c2)cc1OC. The predicted molar refractivity (Wildman–Crippen MR) is 104 cm³/mol. The van der Waals surface area contributed by atoms with E-state index in [1.165, 1.54) is 0 Å². The van der Waals surface area contributed by atoms with E-state index in [9.17, 15) is 9.90 Å². The van der Waals surface area contributed by atoms with Crippen molar-refractivity contribution < 1.29 is 24.1 Å². The second-order valence-electron chi connectivity index (χ2n) is 6.27. The summed E-state index contributed by atoms with van der Waals surface area (Å²) in [6.07, 6.45) is 0.124. The minimum absolute atomic E-state index is 0.124. The van der Waals surface area contributed by atoms with E-state index in [1.54, 1.807) is 14.2 Å². The number of aliphatic hydroxyl groups excluding tert-OH is 1. The van der Waals surface area contributed by atoms with Crippen LogP contribution in [-0.2, 0) is 11.2 Å². The van der Waals surface area contributed by atoms with Crippen LogP contribution in [0.25, 0.3) is 0 Å². The second kappa shape index (κ2) is 10.4. The molecule has 6 nitrogen and oxygen atoms in total. The number of carbonyl (C=O) groups excluding carboxylic acids is 1. The highest BCUT2D eigenvalue weighted by molar-refractivity contribution is 5.76. The van der Waals surface area contributed by atoms with Crippen LogP contribution in [0.2, 0.25) is 0 Å². The third-order valence-corrected chi connectivity index (χ3v) is 4.06. The molecular weight excluding hydrogens is 346 g/mol. The van der Waals surface area contributed by atoms with E-state index in [-0.39, 0.29) is 19.1 Å². The Balaban J connectivity index is 1.71. The van der Waals surface area contributed by atoms with Crippen molar-refractivity contribution in [2.45, 2.75) is 25.9 Å². The van der Waals surface area contributed by atoms with Crippen LogP contribution in [0.4, 0.5) is 0 Å². The maximum absolute atomic E-state index is 12.0. The summed E-state index contributed by atoms with van der Waals surface area (Å²) in [4.78, 5) is 12.0. The molecule has 146 valence electrons. The van der Waals surface area contributed by atoms with E-state index in [0.717, 1.165) is 11.1 Å². The number of rotatable bonds is 10. The predicted octanol–water partition coefficient (Wildman–Crippen LogP) is 2.50. The average molecular weight is 373 g/mol. The Morgan fingerprint density at radius 2 is 1.89 bits per heavy atom. The van der Waals surface area contributed by atoms with Gasteiger partial charge in [0.2, 0.25) is 5.91 Å². The van der Waals surface area contributed by atoms with Crippen LogP contribution < -0.4 is 19.5 Å². The monoisotopic (exact) mass is 373 g/mol. The first-order valence-electron chi connectivity index (χ1n) is 8.87. The van der Waals surface area contributed by atoms with Gasteiger partial charge < -0.3 is 24.6 Å². The molecule has 6 heteroatoms. The molecule has 0 saturated carbocycles. The number of hydrogen-bond donors (Lipinski definition) is 2. The number of ether oxygens (including phenoxy) is 3. The number of methoxy groups -OCH3 is 2. The van der Waals surface area contributed by atoms with E-state index in [2.05, 4.69) is 5.32 Å². The lowest BCUT2D eigenvalue weighted by atomic mass is 10.1. The summed E-state index contributed by atoms with van der Waals surface area (Å²) < 4.78 is 16.0. The van der Waals surface area contributed by atoms with Crippen LogP contribution in [0.15, 0.2) is 42.5 Å². The normalized spacial score (nSPS) is 11.6. The summed E-state index contributed by atoms with van der Waals surface area (Å²) >= 11 is 0. The van der Waals surface area contributed by atoms with Crippen LogP contribution in [-0.4, -0.2) is 44.5 Å². The van der Waals surface area contributed by atoms with Gasteiger partial charge in [0.15, 0.2) is 11.5 Å². The van der Waals surface area contributed by atoms with E-state index >= 15 is 0 Å². The van der Waals surface area contributed by atoms with Crippen LogP contribution >= 0.6 is 0 Å². The zero-order valence-electron chi connectivity index (χ0n) is 16.0. The zero-order chi connectivity index (χ0) is 19.6. The van der Waals surface area contributed by atoms with Crippen molar-refractivity contribution in [3.05, 3.63) is 53.6 Å². The quantitative estimate of drug-likeness (QED) is 0.669. The van der Waals surface area contributed by atoms with Gasteiger partial charge in [-0.1, -0.05) is 18.2 Å². The van der Waals surface area contributed by atoms with Gasteiger partial charge in [-0.25, -0.2) is 0 Å². The Labute approximate surface area is 160 Å². The van der Waals surface area contributed by atoms with Crippen molar-refractivity contribution in [2.75, 3.05) is 27.4 Å². The number of carbonyl (C=O) groups is 1. The molecule has 27 heavy (non-hydrogen) atoms. The highest BCUT2D eigenvalue weighted by Gasteiger charge is 2.10. The fourth-order valence-corrected chi connectivity index (χ4v) is 2.57. The summed E-state index contributed by atoms with van der Waals surface area (Å²) in [5.74, 6) is 1.87. The topological polar surface area (TPSA) is 77.0 Å². The van der Waals surface area contributed by atoms with Gasteiger partial charge in [-0.3, -0.25) is 4.79 Å². The Bertz CT molecular complexity index is 747. The number of aryl methyl sites for hydroxylation is 2. The summed E-state index contributed by atoms with van der Waals surface area (Å²) in [6, 6.07) is 13.2. The van der Waals surface area contributed by atoms with E-state index < -0.39 is 6.10 Å². The second-order valence-corrected chi connectivity index (χ2v) is 6.27. The third kappa shape index (κ3) is 6.83. The Morgan fingerprint density at radius 1 is 1.11 bits per heavy atom. The van der Waals surface area contributed by atoms with Gasteiger partial charge >= 0.3 is 0 Å². The van der Waals surface area contributed by atoms with Crippen LogP contribution in [0.1, 0.15) is 17.5 Å². The van der Waals surface area contributed by atoms with Gasteiger partial charge in [-0.2, -0.15) is 0 Å². The molecule has 1 unspecified atom stereocenters. The number of hydrogen-bond acceptors (Lipinski definition) is 5. The molecule has 0 aliphatic heterocycles. The molecule has 0 bridgehead atoms. The first-order chi connectivity index (χ1) is 13.0. The van der Waals surface area contributed by atoms with Gasteiger partial charge in [-0.15, -0.1) is 0 Å². The molecule has 0 aliphatic rings. The van der Waals surface area contributed by atoms with Crippen molar-refractivity contribution >= 4 is 5.91 Å². The van der Waals surface area contributed by atoms with Crippen molar-refractivity contribution in [3.63, 3.8) is 0 Å². The molecule has 0 heterocycles. The molecular formula is C21H27NO5. The van der Waals surface area contributed by atoms with E-state index in [1.807, 2.05) is 49.4 Å². The first-order valence-corrected chi connectivity index (χ1v) is 8.87. The van der Waals surface area contributed by atoms with Crippen molar-refractivity contribution in [1.82, 2.24) is 5.32 Å². The summed E-state index contributed by atoms with van der Waals surface area (Å²) in [5, 5.41) is 12.7. The minimum Gasteiger partial charge on any atom is -0.493 e. The minimum atomic E-state index is -0.768. The molecule has 1 amide bonds. The van der Waals surface area contributed by atoms with Crippen molar-refractivity contribution in [3.8, 4) is 17.2 Å². The summed E-state index contributed by atoms with van der Waals surface area (Å²) in [5.41, 5.74) is 2.07. The van der Waals surface area contributed by atoms with Crippen LogP contribution in [0.3, 0.4) is 0 Å². The molecule has 1 atom stereocenters. The van der Waals surface area contributed by atoms with E-state index in [4.69, 9.17) is 14.2 Å². The van der Waals surface area contributed by atoms with Crippen LogP contribution in [0.5, 0.6) is 17.2 Å². The molecule has 2 aromatic carbocycles. The fraction of sp³-hybridized carbons (Fsp3) is 0.381. The summed E-state index contributed by atoms with van der Waals surface area (Å²) in [6.45, 7) is 2.25. The lowest BCUT2D eigenvalue weighted by Crippen LogP contribution is -2.35. The fourth-order valence-electron chi connectivity index (χ4n) is 2.57. The molecule has 0 fully saturated rings. The van der Waals surface area contributed by atoms with E-state index in [0.29, 0.717) is 30.1 Å². The molecule has 0 aliphatic carbocycles. The molecule has 2 rings (SSSR count). The molecule has 0 spiro atoms. The average Bonchev–Trinajstić information content (AvgIpc) is 2.68. The maximum atomic E-state index is 12.0. The van der Waals surface area contributed by atoms with Gasteiger partial charge in [0.25, 0.3) is 0 Å². The van der Waals surface area contributed by atoms with Gasteiger partial charge in [0.1, 0.15) is 18.5 Å². The van der Waals surface area contributed by atoms with Crippen molar-refractivity contribution in [1.29, 1.82) is 0 Å². The molecule has 0 saturated heterocycles. The molecule has 0 radical (unpaired) electrons. The standard InChI is InChI=1S/C21H27NO5/c1-15-5-4-6-18(11-15)27-14-17(23)13-22-21(24)10-8-16-7-9-19(25-2)20(12-16)26-3/h4-7,9,11-12,17,23H,8,10,13-14H2,1-3H3,(H,22,24). The van der Waals surface area contributed by atoms with Gasteiger partial charge in [-0.05, 0) is 48.7 Å². The van der Waals surface area contributed by atoms with Crippen LogP contribution in [0, 0.1) is 6.92 Å². The zero-order valence-corrected chi connectivity index (χ0v) is 16.0. The number of benzene rings is 2. The first kappa shape index (κ1) is 20.6. The summed E-state index contributed by atoms with van der Waals surface area (Å²) in [7, 11) is 3.16. The maximum Gasteiger partial charge on any atom is 0.220 e. The number of amides is 1. The largest absolute Gasteiger partial charge is 0.493 e. The molecule has 2 N–H and O–H groups in total. The number of aliphatic hydroxyl groups is 1. The lowest BCUT2D eigenvalue weighted by molar-refractivity contribution is -0.121. The third-order valence-electron chi connectivity index (χ3n) is 4.06. The molecule has 2 aromatic rings. The highest BCUT2D eigenvalue weighted by Crippen LogP contribution is 2.27. The Morgan fingerprint density at radius 3 is 2.59 bits per heavy atom.